The van der Waals surface area contributed by atoms with Crippen LogP contribution >= 0.6 is 15.9 Å². The maximum absolute atomic E-state index is 10.5. The van der Waals surface area contributed by atoms with E-state index in [4.69, 9.17) is 15.2 Å². The van der Waals surface area contributed by atoms with Gasteiger partial charge in [0.2, 0.25) is 0 Å². The van der Waals surface area contributed by atoms with E-state index in [1.807, 2.05) is 24.3 Å². The topological polar surface area (TPSA) is 118 Å². The molecule has 0 saturated carbocycles. The summed E-state index contributed by atoms with van der Waals surface area (Å²) in [5.41, 5.74) is 5.95. The number of ether oxygens (including phenoxy) is 2. The van der Waals surface area contributed by atoms with Gasteiger partial charge in [0.05, 0.1) is 22.7 Å². The molecule has 0 spiro atoms. The first-order chi connectivity index (χ1) is 11.4. The molecular formula is C16H17BrN2O5. The zero-order chi connectivity index (χ0) is 17.1. The Morgan fingerprint density at radius 2 is 2.12 bits per heavy atom. The first-order valence-corrected chi connectivity index (χ1v) is 8.38. The largest absolute Gasteiger partial charge is 0.385 e. The van der Waals surface area contributed by atoms with E-state index in [0.717, 1.165) is 20.9 Å². The molecule has 2 fully saturated rings. The van der Waals surface area contributed by atoms with Gasteiger partial charge in [0.15, 0.2) is 6.29 Å². The van der Waals surface area contributed by atoms with Crippen molar-refractivity contribution < 1.29 is 24.8 Å². The molecule has 1 aromatic heterocycles. The molecule has 2 unspecified atom stereocenters. The van der Waals surface area contributed by atoms with Crippen molar-refractivity contribution in [3.63, 3.8) is 0 Å². The maximum Gasteiger partial charge on any atom is 0.184 e. The molecule has 3 heterocycles. The first-order valence-electron chi connectivity index (χ1n) is 7.59. The summed E-state index contributed by atoms with van der Waals surface area (Å²) in [4.78, 5) is 4.34. The zero-order valence-corrected chi connectivity index (χ0v) is 14.2. The molecule has 5 N–H and O–H groups in total. The van der Waals surface area contributed by atoms with E-state index in [1.165, 1.54) is 0 Å². The molecule has 0 amide bonds. The predicted octanol–water partition coefficient (Wildman–Crippen LogP) is 0.330. The van der Waals surface area contributed by atoms with Crippen LogP contribution in [0.15, 0.2) is 28.7 Å². The Morgan fingerprint density at radius 3 is 2.92 bits per heavy atom. The van der Waals surface area contributed by atoms with E-state index >= 15 is 0 Å². The lowest BCUT2D eigenvalue weighted by atomic mass is 9.91. The third kappa shape index (κ3) is 2.42. The Kier molecular flexibility index (Phi) is 3.79. The van der Waals surface area contributed by atoms with Gasteiger partial charge in [-0.15, -0.1) is 0 Å². The Bertz CT molecular complexity index is 803. The second-order valence-corrected chi connectivity index (χ2v) is 7.17. The lowest BCUT2D eigenvalue weighted by Gasteiger charge is -2.22. The monoisotopic (exact) mass is 396 g/mol. The van der Waals surface area contributed by atoms with Crippen LogP contribution in [0, 0.1) is 0 Å². The fourth-order valence-corrected chi connectivity index (χ4v) is 3.72. The van der Waals surface area contributed by atoms with Crippen LogP contribution in [0.1, 0.15) is 5.56 Å². The zero-order valence-electron chi connectivity index (χ0n) is 12.6. The molecule has 2 aromatic rings. The smallest absolute Gasteiger partial charge is 0.184 e. The summed E-state index contributed by atoms with van der Waals surface area (Å²) >= 11 is 3.35. The Balaban J connectivity index is 1.60. The molecule has 7 nitrogen and oxygen atoms in total. The molecule has 2 aliphatic rings. The number of fused-ring (bicyclic) bond motifs is 2. The Hall–Kier alpha value is -1.29. The van der Waals surface area contributed by atoms with Gasteiger partial charge in [-0.25, -0.2) is 4.98 Å². The summed E-state index contributed by atoms with van der Waals surface area (Å²) in [6.45, 7) is -0.0771. The second kappa shape index (κ2) is 5.62. The summed E-state index contributed by atoms with van der Waals surface area (Å²) in [6.07, 6.45) is -3.56. The lowest BCUT2D eigenvalue weighted by molar-refractivity contribution is -0.153. The Morgan fingerprint density at radius 1 is 1.33 bits per heavy atom. The molecule has 0 aliphatic carbocycles. The summed E-state index contributed by atoms with van der Waals surface area (Å²) in [5, 5.41) is 30.9. The Labute approximate surface area is 146 Å². The third-order valence-corrected chi connectivity index (χ3v) is 5.36. The number of nitrogens with zero attached hydrogens (tertiary/aromatic N) is 1. The summed E-state index contributed by atoms with van der Waals surface area (Å²) in [7, 11) is 0. The molecule has 0 radical (unpaired) electrons. The van der Waals surface area contributed by atoms with Gasteiger partial charge in [0.1, 0.15) is 23.6 Å². The molecule has 5 atom stereocenters. The number of aromatic nitrogens is 1. The standard InChI is InChI=1S/C16H17BrN2O5/c17-9-5-8-2-1-7(3-10(8)19-14(9)18)4-11-13-16(22,6-23-11)12(20)15(21)24-13/h1-3,5,11-13,15,20-22H,4,6H2,(H2,18,19)/t11?,12-,13+,15?,16-/m0/s1. The third-order valence-electron chi connectivity index (χ3n) is 4.73. The number of hydrogen-bond acceptors (Lipinski definition) is 7. The van der Waals surface area contributed by atoms with Crippen molar-refractivity contribution in [3.05, 3.63) is 34.3 Å². The highest BCUT2D eigenvalue weighted by molar-refractivity contribution is 9.10. The number of anilines is 1. The van der Waals surface area contributed by atoms with E-state index in [2.05, 4.69) is 20.9 Å². The van der Waals surface area contributed by atoms with Gasteiger partial charge in [0, 0.05) is 11.8 Å². The molecule has 8 heteroatoms. The van der Waals surface area contributed by atoms with Crippen molar-refractivity contribution in [2.45, 2.75) is 36.6 Å². The summed E-state index contributed by atoms with van der Waals surface area (Å²) in [6, 6.07) is 7.68. The number of nitrogens with two attached hydrogens (primary N) is 1. The van der Waals surface area contributed by atoms with Crippen molar-refractivity contribution in [3.8, 4) is 0 Å². The van der Waals surface area contributed by atoms with Gasteiger partial charge in [-0.3, -0.25) is 0 Å². The molecule has 4 rings (SSSR count). The van der Waals surface area contributed by atoms with Gasteiger partial charge in [0.25, 0.3) is 0 Å². The normalized spacial score (nSPS) is 35.5. The van der Waals surface area contributed by atoms with Gasteiger partial charge in [-0.1, -0.05) is 12.1 Å². The SMILES string of the molecule is Nc1nc2cc(CC3OC[C@@]4(O)[C@@H]3OC(O)[C@@H]4O)ccc2cc1Br. The van der Waals surface area contributed by atoms with Crippen LogP contribution in [-0.2, 0) is 15.9 Å². The highest BCUT2D eigenvalue weighted by atomic mass is 79.9. The predicted molar refractivity (Wildman–Crippen MR) is 89.1 cm³/mol. The molecule has 1 aromatic carbocycles. The number of aliphatic hydroxyl groups is 3. The lowest BCUT2D eigenvalue weighted by Crippen LogP contribution is -2.49. The minimum atomic E-state index is -1.57. The molecule has 2 saturated heterocycles. The van der Waals surface area contributed by atoms with E-state index in [0.29, 0.717) is 12.2 Å². The number of nitrogen functional groups attached to an aromatic ring is 1. The van der Waals surface area contributed by atoms with E-state index in [1.54, 1.807) is 0 Å². The van der Waals surface area contributed by atoms with Gasteiger partial charge >= 0.3 is 0 Å². The van der Waals surface area contributed by atoms with Crippen LogP contribution in [0.2, 0.25) is 0 Å². The van der Waals surface area contributed by atoms with Gasteiger partial charge < -0.3 is 30.5 Å². The van der Waals surface area contributed by atoms with Crippen molar-refractivity contribution in [1.82, 2.24) is 4.98 Å². The average molecular weight is 397 g/mol. The first kappa shape index (κ1) is 16.2. The number of benzene rings is 1. The number of pyridine rings is 1. The van der Waals surface area contributed by atoms with E-state index in [-0.39, 0.29) is 6.61 Å². The van der Waals surface area contributed by atoms with Crippen molar-refractivity contribution >= 4 is 32.7 Å². The quantitative estimate of drug-likeness (QED) is 0.577. The maximum atomic E-state index is 10.5. The van der Waals surface area contributed by atoms with Crippen LogP contribution < -0.4 is 5.73 Å². The van der Waals surface area contributed by atoms with Crippen LogP contribution in [-0.4, -0.2) is 57.1 Å². The second-order valence-electron chi connectivity index (χ2n) is 6.32. The highest BCUT2D eigenvalue weighted by Crippen LogP contribution is 2.39. The van der Waals surface area contributed by atoms with Crippen molar-refractivity contribution in [2.75, 3.05) is 12.3 Å². The van der Waals surface area contributed by atoms with Crippen molar-refractivity contribution in [2.24, 2.45) is 0 Å². The number of halogens is 1. The van der Waals surface area contributed by atoms with Crippen molar-refractivity contribution in [1.29, 1.82) is 0 Å². The fourth-order valence-electron chi connectivity index (χ4n) is 3.39. The van der Waals surface area contributed by atoms with Crippen LogP contribution in [0.3, 0.4) is 0 Å². The molecular weight excluding hydrogens is 380 g/mol. The minimum absolute atomic E-state index is 0.0771. The van der Waals surface area contributed by atoms with Gasteiger partial charge in [-0.05, 0) is 33.6 Å². The summed E-state index contributed by atoms with van der Waals surface area (Å²) < 4.78 is 11.6. The van der Waals surface area contributed by atoms with Crippen LogP contribution in [0.4, 0.5) is 5.82 Å². The number of rotatable bonds is 2. The van der Waals surface area contributed by atoms with Crippen LogP contribution in [0.25, 0.3) is 10.9 Å². The number of aliphatic hydroxyl groups excluding tert-OH is 2. The molecule has 128 valence electrons. The summed E-state index contributed by atoms with van der Waals surface area (Å²) in [5.74, 6) is 0.413. The van der Waals surface area contributed by atoms with E-state index < -0.39 is 30.2 Å². The minimum Gasteiger partial charge on any atom is -0.385 e. The molecule has 0 bridgehead atoms. The average Bonchev–Trinajstić information content (AvgIpc) is 2.96. The van der Waals surface area contributed by atoms with E-state index in [9.17, 15) is 15.3 Å². The molecule has 2 aliphatic heterocycles. The fraction of sp³-hybridized carbons (Fsp3) is 0.438. The molecule has 24 heavy (non-hydrogen) atoms. The van der Waals surface area contributed by atoms with Crippen LogP contribution in [0.5, 0.6) is 0 Å². The van der Waals surface area contributed by atoms with Gasteiger partial charge in [-0.2, -0.15) is 0 Å². The number of hydrogen-bond donors (Lipinski definition) is 4. The highest BCUT2D eigenvalue weighted by Gasteiger charge is 2.62.